The van der Waals surface area contributed by atoms with Crippen molar-refractivity contribution in [2.24, 2.45) is 0 Å². The summed E-state index contributed by atoms with van der Waals surface area (Å²) in [5, 5.41) is 9.19. The number of aliphatic hydroxyl groups is 1. The van der Waals surface area contributed by atoms with Crippen molar-refractivity contribution in [3.8, 4) is 0 Å². The SMILES string of the molecule is CCN(C(C)(C)CC)C(C)(CC)CCO. The molecule has 0 radical (unpaired) electrons. The largest absolute Gasteiger partial charge is 0.396 e. The molecule has 0 aromatic heterocycles. The zero-order chi connectivity index (χ0) is 12.1. The van der Waals surface area contributed by atoms with Gasteiger partial charge in [-0.05, 0) is 46.6 Å². The lowest BCUT2D eigenvalue weighted by molar-refractivity contribution is -0.00873. The number of hydrogen-bond donors (Lipinski definition) is 1. The summed E-state index contributed by atoms with van der Waals surface area (Å²) in [6, 6.07) is 0. The van der Waals surface area contributed by atoms with Gasteiger partial charge in [0.05, 0.1) is 0 Å². The molecule has 0 amide bonds. The highest BCUT2D eigenvalue weighted by Gasteiger charge is 2.36. The van der Waals surface area contributed by atoms with E-state index >= 15 is 0 Å². The van der Waals surface area contributed by atoms with Gasteiger partial charge >= 0.3 is 0 Å². The van der Waals surface area contributed by atoms with Crippen LogP contribution in [-0.4, -0.2) is 34.2 Å². The maximum absolute atomic E-state index is 9.19. The average molecular weight is 215 g/mol. The van der Waals surface area contributed by atoms with Gasteiger partial charge < -0.3 is 5.11 Å². The third-order valence-corrected chi connectivity index (χ3v) is 3.98. The van der Waals surface area contributed by atoms with Crippen molar-refractivity contribution in [2.75, 3.05) is 13.2 Å². The summed E-state index contributed by atoms with van der Waals surface area (Å²) in [5.74, 6) is 0. The van der Waals surface area contributed by atoms with Gasteiger partial charge in [-0.1, -0.05) is 20.8 Å². The highest BCUT2D eigenvalue weighted by atomic mass is 16.3. The van der Waals surface area contributed by atoms with Crippen LogP contribution in [0.15, 0.2) is 0 Å². The van der Waals surface area contributed by atoms with E-state index in [1.807, 2.05) is 0 Å². The summed E-state index contributed by atoms with van der Waals surface area (Å²) < 4.78 is 0. The number of nitrogens with zero attached hydrogens (tertiary/aromatic N) is 1. The first-order valence-electron chi connectivity index (χ1n) is 6.26. The van der Waals surface area contributed by atoms with E-state index in [2.05, 4.69) is 46.4 Å². The Morgan fingerprint density at radius 3 is 1.80 bits per heavy atom. The average Bonchev–Trinajstić information content (AvgIpc) is 2.18. The maximum atomic E-state index is 9.19. The van der Waals surface area contributed by atoms with E-state index in [9.17, 15) is 5.11 Å². The van der Waals surface area contributed by atoms with E-state index in [0.717, 1.165) is 25.8 Å². The molecule has 0 saturated carbocycles. The van der Waals surface area contributed by atoms with Crippen LogP contribution in [-0.2, 0) is 0 Å². The predicted octanol–water partition coefficient (Wildman–Crippen LogP) is 3.05. The second kappa shape index (κ2) is 5.86. The van der Waals surface area contributed by atoms with Gasteiger partial charge in [-0.2, -0.15) is 0 Å². The van der Waals surface area contributed by atoms with E-state index in [1.54, 1.807) is 0 Å². The normalized spacial score (nSPS) is 16.8. The minimum atomic E-state index is 0.128. The van der Waals surface area contributed by atoms with Crippen molar-refractivity contribution in [2.45, 2.75) is 71.9 Å². The molecule has 2 heteroatoms. The maximum Gasteiger partial charge on any atom is 0.0448 e. The first-order valence-corrected chi connectivity index (χ1v) is 6.26. The molecule has 0 fully saturated rings. The molecule has 2 nitrogen and oxygen atoms in total. The van der Waals surface area contributed by atoms with Crippen LogP contribution in [0.1, 0.15) is 60.8 Å². The van der Waals surface area contributed by atoms with E-state index < -0.39 is 0 Å². The van der Waals surface area contributed by atoms with Gasteiger partial charge in [0.1, 0.15) is 0 Å². The molecule has 1 unspecified atom stereocenters. The van der Waals surface area contributed by atoms with Crippen molar-refractivity contribution in [1.82, 2.24) is 4.90 Å². The van der Waals surface area contributed by atoms with Crippen molar-refractivity contribution in [3.63, 3.8) is 0 Å². The number of hydrogen-bond acceptors (Lipinski definition) is 2. The number of rotatable bonds is 7. The lowest BCUT2D eigenvalue weighted by Gasteiger charge is -2.49. The standard InChI is InChI=1S/C13H29NO/c1-7-12(4,5)14(9-3)13(6,8-2)10-11-15/h15H,7-11H2,1-6H3. The fraction of sp³-hybridized carbons (Fsp3) is 1.00. The molecule has 0 aliphatic heterocycles. The van der Waals surface area contributed by atoms with Crippen molar-refractivity contribution in [3.05, 3.63) is 0 Å². The van der Waals surface area contributed by atoms with Crippen molar-refractivity contribution < 1.29 is 5.11 Å². The van der Waals surface area contributed by atoms with Gasteiger partial charge in [-0.3, -0.25) is 4.90 Å². The zero-order valence-corrected chi connectivity index (χ0v) is 11.4. The van der Waals surface area contributed by atoms with Crippen molar-refractivity contribution >= 4 is 0 Å². The van der Waals surface area contributed by atoms with E-state index in [0.29, 0.717) is 0 Å². The minimum Gasteiger partial charge on any atom is -0.396 e. The Labute approximate surface area is 95.7 Å². The predicted molar refractivity (Wildman–Crippen MR) is 67.1 cm³/mol. The summed E-state index contributed by atoms with van der Waals surface area (Å²) in [5.41, 5.74) is 0.345. The lowest BCUT2D eigenvalue weighted by atomic mass is 9.85. The molecule has 0 aliphatic carbocycles. The highest BCUT2D eigenvalue weighted by Crippen LogP contribution is 2.32. The Hall–Kier alpha value is -0.0800. The summed E-state index contributed by atoms with van der Waals surface area (Å²) in [4.78, 5) is 2.54. The van der Waals surface area contributed by atoms with Crippen LogP contribution in [0.25, 0.3) is 0 Å². The van der Waals surface area contributed by atoms with Crippen LogP contribution in [0, 0.1) is 0 Å². The van der Waals surface area contributed by atoms with Crippen LogP contribution in [0.3, 0.4) is 0 Å². The van der Waals surface area contributed by atoms with Gasteiger partial charge in [-0.25, -0.2) is 0 Å². The lowest BCUT2D eigenvalue weighted by Crippen LogP contribution is -2.56. The quantitative estimate of drug-likeness (QED) is 0.705. The highest BCUT2D eigenvalue weighted by molar-refractivity contribution is 4.93. The molecule has 0 bridgehead atoms. The summed E-state index contributed by atoms with van der Waals surface area (Å²) >= 11 is 0. The first-order chi connectivity index (χ1) is 6.87. The monoisotopic (exact) mass is 215 g/mol. The second-order valence-electron chi connectivity index (χ2n) is 5.23. The smallest absolute Gasteiger partial charge is 0.0448 e. The molecule has 1 atom stereocenters. The molecule has 92 valence electrons. The first kappa shape index (κ1) is 14.9. The molecule has 0 aliphatic rings. The Kier molecular flexibility index (Phi) is 5.82. The molecule has 0 aromatic rings. The Balaban J connectivity index is 4.90. The van der Waals surface area contributed by atoms with E-state index in [4.69, 9.17) is 0 Å². The van der Waals surface area contributed by atoms with Gasteiger partial charge in [0.2, 0.25) is 0 Å². The van der Waals surface area contributed by atoms with Crippen LogP contribution < -0.4 is 0 Å². The van der Waals surface area contributed by atoms with E-state index in [-0.39, 0.29) is 17.7 Å². The van der Waals surface area contributed by atoms with Gasteiger partial charge in [0.15, 0.2) is 0 Å². The van der Waals surface area contributed by atoms with Crippen molar-refractivity contribution in [1.29, 1.82) is 0 Å². The molecular formula is C13H29NO. The topological polar surface area (TPSA) is 23.5 Å². The molecule has 0 aromatic carbocycles. The Morgan fingerprint density at radius 2 is 1.53 bits per heavy atom. The van der Waals surface area contributed by atoms with E-state index in [1.165, 1.54) is 0 Å². The van der Waals surface area contributed by atoms with Crippen LogP contribution in [0.4, 0.5) is 0 Å². The third kappa shape index (κ3) is 3.46. The van der Waals surface area contributed by atoms with Crippen LogP contribution in [0.2, 0.25) is 0 Å². The number of aliphatic hydroxyl groups excluding tert-OH is 1. The molecule has 0 heterocycles. The zero-order valence-electron chi connectivity index (χ0n) is 11.4. The fourth-order valence-electron chi connectivity index (χ4n) is 2.47. The van der Waals surface area contributed by atoms with Gasteiger partial charge in [-0.15, -0.1) is 0 Å². The molecule has 1 N–H and O–H groups in total. The molecule has 15 heavy (non-hydrogen) atoms. The van der Waals surface area contributed by atoms with Crippen LogP contribution >= 0.6 is 0 Å². The van der Waals surface area contributed by atoms with Crippen LogP contribution in [0.5, 0.6) is 0 Å². The Morgan fingerprint density at radius 1 is 1.00 bits per heavy atom. The molecular weight excluding hydrogens is 186 g/mol. The summed E-state index contributed by atoms with van der Waals surface area (Å²) in [6.45, 7) is 14.8. The fourth-order valence-corrected chi connectivity index (χ4v) is 2.47. The molecule has 0 saturated heterocycles. The second-order valence-corrected chi connectivity index (χ2v) is 5.23. The third-order valence-electron chi connectivity index (χ3n) is 3.98. The Bertz CT molecular complexity index is 179. The van der Waals surface area contributed by atoms with Gasteiger partial charge in [0, 0.05) is 17.7 Å². The van der Waals surface area contributed by atoms with Gasteiger partial charge in [0.25, 0.3) is 0 Å². The molecule has 0 spiro atoms. The summed E-state index contributed by atoms with van der Waals surface area (Å²) in [6.07, 6.45) is 3.09. The molecule has 0 rings (SSSR count). The minimum absolute atomic E-state index is 0.128. The summed E-state index contributed by atoms with van der Waals surface area (Å²) in [7, 11) is 0.